The van der Waals surface area contributed by atoms with E-state index in [-0.39, 0.29) is 37.2 Å². The van der Waals surface area contributed by atoms with Crippen molar-refractivity contribution in [2.45, 2.75) is 6.54 Å². The second kappa shape index (κ2) is 8.70. The van der Waals surface area contributed by atoms with Crippen LogP contribution in [0.1, 0.15) is 5.56 Å². The normalized spacial score (nSPS) is 9.55. The lowest BCUT2D eigenvalue weighted by molar-refractivity contribution is 0.712. The molecule has 22 heavy (non-hydrogen) atoms. The maximum atomic E-state index is 6.01. The minimum absolute atomic E-state index is 0. The first-order chi connectivity index (χ1) is 9.13. The smallest absolute Gasteiger partial charge is 0.0687 e. The Morgan fingerprint density at radius 2 is 1.68 bits per heavy atom. The van der Waals surface area contributed by atoms with Crippen LogP contribution in [-0.4, -0.2) is 9.78 Å². The predicted octanol–water partition coefficient (Wildman–Crippen LogP) is 5.24. The lowest BCUT2D eigenvalue weighted by atomic mass is 10.2. The summed E-state index contributed by atoms with van der Waals surface area (Å²) in [6, 6.07) is 11.3. The molecular weight excluding hydrogens is 387 g/mol. The molecule has 0 aliphatic heterocycles. The summed E-state index contributed by atoms with van der Waals surface area (Å²) in [5, 5.41) is 6.51. The average Bonchev–Trinajstić information content (AvgIpc) is 2.76. The zero-order valence-corrected chi connectivity index (χ0v) is 15.2. The maximum Gasteiger partial charge on any atom is 0.0687 e. The van der Waals surface area contributed by atoms with E-state index in [1.54, 1.807) is 6.07 Å². The van der Waals surface area contributed by atoms with Crippen molar-refractivity contribution in [3.63, 3.8) is 0 Å². The Morgan fingerprint density at radius 3 is 2.36 bits per heavy atom. The first-order valence-electron chi connectivity index (χ1n) is 5.78. The number of aromatic nitrogens is 2. The van der Waals surface area contributed by atoms with Gasteiger partial charge >= 0.3 is 0 Å². The molecule has 0 saturated carbocycles. The van der Waals surface area contributed by atoms with Gasteiger partial charge in [-0.05, 0) is 35.9 Å². The molecule has 0 atom stereocenters. The number of hydrogen-bond acceptors (Lipinski definition) is 2. The van der Waals surface area contributed by atoms with Crippen molar-refractivity contribution in [3.05, 3.63) is 58.2 Å². The van der Waals surface area contributed by atoms with Crippen molar-refractivity contribution in [3.8, 4) is 0 Å². The van der Waals surface area contributed by atoms with Crippen molar-refractivity contribution in [2.24, 2.45) is 0 Å². The van der Waals surface area contributed by atoms with Gasteiger partial charge in [-0.1, -0.05) is 29.3 Å². The number of nitrogens with two attached hydrogens (primary N) is 1. The van der Waals surface area contributed by atoms with Gasteiger partial charge in [-0.3, -0.25) is 4.68 Å². The van der Waals surface area contributed by atoms with Gasteiger partial charge in [0.05, 0.1) is 28.3 Å². The summed E-state index contributed by atoms with van der Waals surface area (Å²) in [6.45, 7) is 0.643. The van der Waals surface area contributed by atoms with Gasteiger partial charge in [-0.15, -0.1) is 37.2 Å². The summed E-state index contributed by atoms with van der Waals surface area (Å²) < 4.78 is 1.91. The molecule has 0 bridgehead atoms. The highest BCUT2D eigenvalue weighted by Gasteiger charge is 2.05. The van der Waals surface area contributed by atoms with Crippen LogP contribution in [0.5, 0.6) is 0 Å². The van der Waals surface area contributed by atoms with Crippen LogP contribution >= 0.6 is 60.4 Å². The molecule has 2 aromatic carbocycles. The van der Waals surface area contributed by atoms with Crippen LogP contribution in [0, 0.1) is 0 Å². The summed E-state index contributed by atoms with van der Waals surface area (Å²) in [5.41, 5.74) is 8.58. The second-order valence-electron chi connectivity index (χ2n) is 4.37. The highest BCUT2D eigenvalue weighted by molar-refractivity contribution is 6.42. The van der Waals surface area contributed by atoms with Gasteiger partial charge in [0.25, 0.3) is 0 Å². The Morgan fingerprint density at radius 1 is 0.955 bits per heavy atom. The SMILES string of the molecule is Cl.Cl.Cl.Nc1ccc2c(cnn2Cc2ccc(Cl)c(Cl)c2)c1. The minimum Gasteiger partial charge on any atom is -0.399 e. The molecule has 3 nitrogen and oxygen atoms in total. The third kappa shape index (κ3) is 4.34. The molecule has 0 saturated heterocycles. The first kappa shape index (κ1) is 21.2. The van der Waals surface area contributed by atoms with Crippen molar-refractivity contribution in [1.29, 1.82) is 0 Å². The molecule has 3 aromatic rings. The Balaban J connectivity index is 0.00000147. The fourth-order valence-electron chi connectivity index (χ4n) is 2.04. The molecule has 120 valence electrons. The van der Waals surface area contributed by atoms with E-state index >= 15 is 0 Å². The van der Waals surface area contributed by atoms with Crippen LogP contribution < -0.4 is 5.73 Å². The number of nitrogen functional groups attached to an aromatic ring is 1. The zero-order valence-electron chi connectivity index (χ0n) is 11.2. The molecule has 0 amide bonds. The Labute approximate surface area is 157 Å². The Kier molecular flexibility index (Phi) is 8.37. The molecule has 0 aliphatic rings. The van der Waals surface area contributed by atoms with Crippen molar-refractivity contribution >= 4 is 77.0 Å². The molecular formula is C14H14Cl5N3. The summed E-state index contributed by atoms with van der Waals surface area (Å²) in [6.07, 6.45) is 1.81. The van der Waals surface area contributed by atoms with E-state index in [1.807, 2.05) is 41.2 Å². The fourth-order valence-corrected chi connectivity index (χ4v) is 2.36. The molecule has 0 unspecified atom stereocenters. The molecule has 8 heteroatoms. The molecule has 3 rings (SSSR count). The summed E-state index contributed by atoms with van der Waals surface area (Å²) in [5.74, 6) is 0. The Hall–Kier alpha value is -0.840. The van der Waals surface area contributed by atoms with Crippen LogP contribution in [0.25, 0.3) is 10.9 Å². The van der Waals surface area contributed by atoms with Gasteiger partial charge in [0.1, 0.15) is 0 Å². The van der Waals surface area contributed by atoms with Crippen molar-refractivity contribution < 1.29 is 0 Å². The van der Waals surface area contributed by atoms with Gasteiger partial charge in [-0.25, -0.2) is 0 Å². The van der Waals surface area contributed by atoms with E-state index in [0.29, 0.717) is 16.6 Å². The van der Waals surface area contributed by atoms with E-state index in [0.717, 1.165) is 22.2 Å². The number of rotatable bonds is 2. The highest BCUT2D eigenvalue weighted by Crippen LogP contribution is 2.24. The predicted molar refractivity (Wildman–Crippen MR) is 101 cm³/mol. The average molecular weight is 402 g/mol. The number of halogens is 5. The first-order valence-corrected chi connectivity index (χ1v) is 6.54. The standard InChI is InChI=1S/C14H11Cl2N3.3ClH/c15-12-3-1-9(5-13(12)16)8-19-14-4-2-11(17)6-10(14)7-18-19;;;/h1-7H,8,17H2;3*1H. The molecule has 0 aliphatic carbocycles. The fraction of sp³-hybridized carbons (Fsp3) is 0.0714. The third-order valence-electron chi connectivity index (χ3n) is 2.98. The molecule has 1 aromatic heterocycles. The summed E-state index contributed by atoms with van der Waals surface area (Å²) >= 11 is 11.9. The van der Waals surface area contributed by atoms with E-state index < -0.39 is 0 Å². The number of fused-ring (bicyclic) bond motifs is 1. The lowest BCUT2D eigenvalue weighted by Gasteiger charge is -2.05. The minimum atomic E-state index is 0. The third-order valence-corrected chi connectivity index (χ3v) is 3.72. The number of benzene rings is 2. The summed E-state index contributed by atoms with van der Waals surface area (Å²) in [4.78, 5) is 0. The van der Waals surface area contributed by atoms with Gasteiger partial charge in [-0.2, -0.15) is 5.10 Å². The van der Waals surface area contributed by atoms with Crippen LogP contribution in [0.4, 0.5) is 5.69 Å². The largest absolute Gasteiger partial charge is 0.399 e. The number of anilines is 1. The quantitative estimate of drug-likeness (QED) is 0.597. The van der Waals surface area contributed by atoms with Crippen molar-refractivity contribution in [2.75, 3.05) is 5.73 Å². The Bertz CT molecular complexity index is 757. The molecule has 1 heterocycles. The molecule has 0 fully saturated rings. The molecule has 2 N–H and O–H groups in total. The number of hydrogen-bond donors (Lipinski definition) is 1. The highest BCUT2D eigenvalue weighted by atomic mass is 35.5. The zero-order chi connectivity index (χ0) is 13.4. The van der Waals surface area contributed by atoms with Crippen LogP contribution in [-0.2, 0) is 6.54 Å². The van der Waals surface area contributed by atoms with E-state index in [4.69, 9.17) is 28.9 Å². The molecule has 0 spiro atoms. The van der Waals surface area contributed by atoms with Gasteiger partial charge < -0.3 is 5.73 Å². The van der Waals surface area contributed by atoms with E-state index in [2.05, 4.69) is 5.10 Å². The summed E-state index contributed by atoms with van der Waals surface area (Å²) in [7, 11) is 0. The van der Waals surface area contributed by atoms with Gasteiger partial charge in [0, 0.05) is 11.1 Å². The maximum absolute atomic E-state index is 6.01. The van der Waals surface area contributed by atoms with Crippen LogP contribution in [0.3, 0.4) is 0 Å². The van der Waals surface area contributed by atoms with Crippen LogP contribution in [0.2, 0.25) is 10.0 Å². The monoisotopic (exact) mass is 399 g/mol. The second-order valence-corrected chi connectivity index (χ2v) is 5.18. The van der Waals surface area contributed by atoms with Gasteiger partial charge in [0.15, 0.2) is 0 Å². The number of nitrogens with zero attached hydrogens (tertiary/aromatic N) is 2. The van der Waals surface area contributed by atoms with Gasteiger partial charge in [0.2, 0.25) is 0 Å². The van der Waals surface area contributed by atoms with Crippen LogP contribution in [0.15, 0.2) is 42.6 Å². The van der Waals surface area contributed by atoms with E-state index in [9.17, 15) is 0 Å². The lowest BCUT2D eigenvalue weighted by Crippen LogP contribution is -2.01. The van der Waals surface area contributed by atoms with E-state index in [1.165, 1.54) is 0 Å². The van der Waals surface area contributed by atoms with Crippen molar-refractivity contribution in [1.82, 2.24) is 9.78 Å². The topological polar surface area (TPSA) is 43.8 Å². The molecule has 0 radical (unpaired) electrons.